The van der Waals surface area contributed by atoms with Gasteiger partial charge in [-0.25, -0.2) is 9.97 Å². The quantitative estimate of drug-likeness (QED) is 0.176. The van der Waals surface area contributed by atoms with Crippen LogP contribution in [0.2, 0.25) is 0 Å². The summed E-state index contributed by atoms with van der Waals surface area (Å²) < 4.78 is 7.78. The van der Waals surface area contributed by atoms with Crippen LogP contribution in [0.3, 0.4) is 0 Å². The van der Waals surface area contributed by atoms with Crippen LogP contribution in [-0.4, -0.2) is 25.8 Å². The molecular formula is C24H20BrN5O4. The van der Waals surface area contributed by atoms with Gasteiger partial charge < -0.3 is 4.74 Å². The Bertz CT molecular complexity index is 1430. The number of fused-ring (bicyclic) bond motifs is 1. The van der Waals surface area contributed by atoms with E-state index in [9.17, 15) is 14.9 Å². The van der Waals surface area contributed by atoms with E-state index in [0.29, 0.717) is 22.5 Å². The average Bonchev–Trinajstić information content (AvgIpc) is 2.84. The average molecular weight is 522 g/mol. The monoisotopic (exact) mass is 521 g/mol. The van der Waals surface area contributed by atoms with Crippen molar-refractivity contribution < 1.29 is 9.66 Å². The molecule has 0 amide bonds. The zero-order valence-electron chi connectivity index (χ0n) is 18.4. The number of nitro groups is 1. The molecule has 0 aliphatic heterocycles. The van der Waals surface area contributed by atoms with E-state index < -0.39 is 4.92 Å². The third kappa shape index (κ3) is 5.01. The zero-order valence-corrected chi connectivity index (χ0v) is 20.0. The number of rotatable bonds is 7. The lowest BCUT2D eigenvalue weighted by Crippen LogP contribution is -2.23. The number of nitrogens with zero attached hydrogens (tertiary/aromatic N) is 5. The first-order chi connectivity index (χ1) is 16.4. The highest BCUT2D eigenvalue weighted by Gasteiger charge is 2.15. The first-order valence-electron chi connectivity index (χ1n) is 10.5. The highest BCUT2D eigenvalue weighted by Crippen LogP contribution is 2.22. The summed E-state index contributed by atoms with van der Waals surface area (Å²) in [6.07, 6.45) is 3.54. The third-order valence-electron chi connectivity index (χ3n) is 5.24. The fourth-order valence-corrected chi connectivity index (χ4v) is 3.55. The molecule has 10 heteroatoms. The normalized spacial score (nSPS) is 12.2. The number of hydrogen-bond donors (Lipinski definition) is 0. The predicted octanol–water partition coefficient (Wildman–Crippen LogP) is 5.65. The molecule has 4 rings (SSSR count). The van der Waals surface area contributed by atoms with Crippen molar-refractivity contribution in [1.82, 2.24) is 14.6 Å². The van der Waals surface area contributed by atoms with Crippen molar-refractivity contribution in [3.63, 3.8) is 0 Å². The highest BCUT2D eigenvalue weighted by atomic mass is 79.9. The molecule has 2 aromatic heterocycles. The van der Waals surface area contributed by atoms with Crippen LogP contribution in [-0.2, 0) is 0 Å². The van der Waals surface area contributed by atoms with Gasteiger partial charge in [-0.3, -0.25) is 14.9 Å². The van der Waals surface area contributed by atoms with Crippen LogP contribution in [0.5, 0.6) is 11.6 Å². The second-order valence-corrected chi connectivity index (χ2v) is 8.50. The fraction of sp³-hybridized carbons (Fsp3) is 0.167. The summed E-state index contributed by atoms with van der Waals surface area (Å²) in [5.74, 6) is 1.39. The summed E-state index contributed by atoms with van der Waals surface area (Å²) in [7, 11) is 0. The topological polar surface area (TPSA) is 113 Å². The minimum Gasteiger partial charge on any atom is -0.439 e. The highest BCUT2D eigenvalue weighted by molar-refractivity contribution is 9.10. The van der Waals surface area contributed by atoms with Gasteiger partial charge in [-0.2, -0.15) is 9.78 Å². The molecule has 0 unspecified atom stereocenters. The molecule has 172 valence electrons. The van der Waals surface area contributed by atoms with Gasteiger partial charge in [0.05, 0.1) is 22.0 Å². The molecule has 9 nitrogen and oxygen atoms in total. The Morgan fingerprint density at radius 1 is 1.21 bits per heavy atom. The van der Waals surface area contributed by atoms with Crippen LogP contribution in [0, 0.1) is 10.1 Å². The van der Waals surface area contributed by atoms with Gasteiger partial charge in [0, 0.05) is 22.5 Å². The standard InChI is InChI=1S/C24H20BrN5O4/c1-3-15(2)23-28-21-10-6-17(25)12-20(21)24(31)29(23)27-13-16-4-8-19(9-5-16)34-22-11-7-18(14-26-22)30(32)33/h4-15H,3H2,1-2H3/t15-/m0/s1. The second-order valence-electron chi connectivity index (χ2n) is 7.59. The molecule has 0 bridgehead atoms. The maximum Gasteiger partial charge on any atom is 0.287 e. The number of halogens is 1. The van der Waals surface area contributed by atoms with Crippen LogP contribution in [0.25, 0.3) is 10.9 Å². The summed E-state index contributed by atoms with van der Waals surface area (Å²) >= 11 is 3.41. The van der Waals surface area contributed by atoms with Gasteiger partial charge in [0.1, 0.15) is 17.8 Å². The summed E-state index contributed by atoms with van der Waals surface area (Å²) in [4.78, 5) is 32.0. The lowest BCUT2D eigenvalue weighted by molar-refractivity contribution is -0.385. The second kappa shape index (κ2) is 9.92. The van der Waals surface area contributed by atoms with E-state index >= 15 is 0 Å². The molecule has 1 atom stereocenters. The fourth-order valence-electron chi connectivity index (χ4n) is 3.19. The van der Waals surface area contributed by atoms with Crippen molar-refractivity contribution in [3.8, 4) is 11.6 Å². The summed E-state index contributed by atoms with van der Waals surface area (Å²) in [6, 6.07) is 15.2. The zero-order chi connectivity index (χ0) is 24.2. The van der Waals surface area contributed by atoms with Gasteiger partial charge in [-0.05, 0) is 54.4 Å². The summed E-state index contributed by atoms with van der Waals surface area (Å²) in [5, 5.41) is 15.7. The van der Waals surface area contributed by atoms with Crippen molar-refractivity contribution in [1.29, 1.82) is 0 Å². The number of benzene rings is 2. The lowest BCUT2D eigenvalue weighted by atomic mass is 10.1. The molecule has 0 saturated carbocycles. The molecule has 2 heterocycles. The molecule has 0 aliphatic rings. The number of aromatic nitrogens is 3. The number of hydrogen-bond acceptors (Lipinski definition) is 7. The van der Waals surface area contributed by atoms with Crippen molar-refractivity contribution >= 4 is 38.7 Å². The molecule has 0 aliphatic carbocycles. The van der Waals surface area contributed by atoms with Gasteiger partial charge >= 0.3 is 0 Å². The molecule has 0 fully saturated rings. The minimum absolute atomic E-state index is 0.0443. The van der Waals surface area contributed by atoms with Gasteiger partial charge in [0.2, 0.25) is 5.88 Å². The third-order valence-corrected chi connectivity index (χ3v) is 5.74. The van der Waals surface area contributed by atoms with E-state index in [1.165, 1.54) is 16.8 Å². The number of pyridine rings is 1. The van der Waals surface area contributed by atoms with Gasteiger partial charge in [-0.1, -0.05) is 29.8 Å². The van der Waals surface area contributed by atoms with Crippen LogP contribution in [0.4, 0.5) is 5.69 Å². The first kappa shape index (κ1) is 23.2. The van der Waals surface area contributed by atoms with Crippen molar-refractivity contribution in [2.45, 2.75) is 26.2 Å². The molecule has 0 saturated heterocycles. The van der Waals surface area contributed by atoms with Gasteiger partial charge in [-0.15, -0.1) is 0 Å². The van der Waals surface area contributed by atoms with Gasteiger partial charge in [0.25, 0.3) is 11.2 Å². The Hall–Kier alpha value is -3.92. The smallest absolute Gasteiger partial charge is 0.287 e. The Balaban J connectivity index is 1.60. The first-order valence-corrected chi connectivity index (χ1v) is 11.3. The molecule has 4 aromatic rings. The summed E-state index contributed by atoms with van der Waals surface area (Å²) in [5.41, 5.74) is 1.04. The maximum absolute atomic E-state index is 13.2. The van der Waals surface area contributed by atoms with E-state index in [1.807, 2.05) is 26.0 Å². The van der Waals surface area contributed by atoms with Crippen molar-refractivity contribution in [2.24, 2.45) is 5.10 Å². The van der Waals surface area contributed by atoms with Crippen molar-refractivity contribution in [3.05, 3.63) is 97.1 Å². The van der Waals surface area contributed by atoms with E-state index in [4.69, 9.17) is 9.72 Å². The van der Waals surface area contributed by atoms with E-state index in [0.717, 1.165) is 22.7 Å². The van der Waals surface area contributed by atoms with Crippen LogP contribution >= 0.6 is 15.9 Å². The molecule has 0 spiro atoms. The number of ether oxygens (including phenoxy) is 1. The largest absolute Gasteiger partial charge is 0.439 e. The molecule has 2 aromatic carbocycles. The molecule has 34 heavy (non-hydrogen) atoms. The van der Waals surface area contributed by atoms with Crippen LogP contribution in [0.15, 0.2) is 75.2 Å². The Kier molecular flexibility index (Phi) is 6.78. The van der Waals surface area contributed by atoms with Gasteiger partial charge in [0.15, 0.2) is 0 Å². The maximum atomic E-state index is 13.2. The van der Waals surface area contributed by atoms with Crippen molar-refractivity contribution in [2.75, 3.05) is 0 Å². The Morgan fingerprint density at radius 3 is 2.62 bits per heavy atom. The summed E-state index contributed by atoms with van der Waals surface area (Å²) in [6.45, 7) is 4.05. The predicted molar refractivity (Wildman–Crippen MR) is 133 cm³/mol. The van der Waals surface area contributed by atoms with E-state index in [-0.39, 0.29) is 23.0 Å². The Morgan fingerprint density at radius 2 is 1.97 bits per heavy atom. The molecular weight excluding hydrogens is 502 g/mol. The lowest BCUT2D eigenvalue weighted by Gasteiger charge is -2.14. The minimum atomic E-state index is -0.521. The molecule has 0 N–H and O–H groups in total. The van der Waals surface area contributed by atoms with E-state index in [2.05, 4.69) is 26.0 Å². The SMILES string of the molecule is CC[C@H](C)c1nc2ccc(Br)cc2c(=O)n1N=Cc1ccc(Oc2ccc([N+](=O)[O-])cn2)cc1. The van der Waals surface area contributed by atoms with E-state index in [1.54, 1.807) is 36.5 Å². The van der Waals surface area contributed by atoms with Crippen LogP contribution < -0.4 is 10.3 Å². The molecule has 0 radical (unpaired) electrons. The van der Waals surface area contributed by atoms with Crippen LogP contribution in [0.1, 0.15) is 37.6 Å². The Labute approximate surface area is 203 Å².